The van der Waals surface area contributed by atoms with Crippen LogP contribution in [-0.2, 0) is 16.2 Å². The number of pyridine rings is 1. The number of hydrogen-bond donors (Lipinski definition) is 1. The van der Waals surface area contributed by atoms with Crippen LogP contribution in [0.5, 0.6) is 0 Å². The van der Waals surface area contributed by atoms with E-state index < -0.39 is 21.8 Å². The number of nitrogens with zero attached hydrogens (tertiary/aromatic N) is 3. The lowest BCUT2D eigenvalue weighted by Crippen LogP contribution is -2.18. The SMILES string of the molecule is CNS(=O)(=O)c1ccc2c(-c3ccc(C(F)(F)F)cc3)cc3nncn3c2c1. The summed E-state index contributed by atoms with van der Waals surface area (Å²) in [6, 6.07) is 11.0. The van der Waals surface area contributed by atoms with Gasteiger partial charge in [-0.1, -0.05) is 18.2 Å². The molecule has 10 heteroatoms. The van der Waals surface area contributed by atoms with Crippen LogP contribution in [-0.4, -0.2) is 30.1 Å². The molecule has 0 fully saturated rings. The second kappa shape index (κ2) is 6.28. The molecule has 0 saturated heterocycles. The number of sulfonamides is 1. The molecule has 4 rings (SSSR count). The summed E-state index contributed by atoms with van der Waals surface area (Å²) in [5.74, 6) is 0. The van der Waals surface area contributed by atoms with Gasteiger partial charge in [-0.2, -0.15) is 13.2 Å². The van der Waals surface area contributed by atoms with Crippen LogP contribution in [0.25, 0.3) is 27.7 Å². The van der Waals surface area contributed by atoms with Crippen LogP contribution in [0.3, 0.4) is 0 Å². The van der Waals surface area contributed by atoms with Crippen molar-refractivity contribution >= 4 is 26.6 Å². The Bertz CT molecular complexity index is 1300. The summed E-state index contributed by atoms with van der Waals surface area (Å²) in [4.78, 5) is 0.0575. The van der Waals surface area contributed by atoms with Gasteiger partial charge in [-0.05, 0) is 48.5 Å². The number of fused-ring (bicyclic) bond motifs is 3. The van der Waals surface area contributed by atoms with Crippen LogP contribution in [0, 0.1) is 0 Å². The van der Waals surface area contributed by atoms with Gasteiger partial charge in [0.2, 0.25) is 10.0 Å². The van der Waals surface area contributed by atoms with Crippen LogP contribution in [0.2, 0.25) is 0 Å². The summed E-state index contributed by atoms with van der Waals surface area (Å²) in [5.41, 5.74) is 1.40. The fourth-order valence-electron chi connectivity index (χ4n) is 3.04. The topological polar surface area (TPSA) is 76.4 Å². The average Bonchev–Trinajstić information content (AvgIpc) is 3.15. The molecule has 0 radical (unpaired) electrons. The van der Waals surface area contributed by atoms with E-state index in [1.165, 1.54) is 37.6 Å². The van der Waals surface area contributed by atoms with Crippen LogP contribution in [0.4, 0.5) is 13.2 Å². The van der Waals surface area contributed by atoms with E-state index in [1.807, 2.05) is 0 Å². The first-order valence-electron chi connectivity index (χ1n) is 8.08. The molecule has 2 aromatic heterocycles. The quantitative estimate of drug-likeness (QED) is 0.565. The van der Waals surface area contributed by atoms with Crippen molar-refractivity contribution < 1.29 is 21.6 Å². The highest BCUT2D eigenvalue weighted by Crippen LogP contribution is 2.34. The molecule has 0 unspecified atom stereocenters. The van der Waals surface area contributed by atoms with Gasteiger partial charge in [0.1, 0.15) is 6.33 Å². The lowest BCUT2D eigenvalue weighted by atomic mass is 10.00. The number of rotatable bonds is 3. The molecule has 0 aliphatic carbocycles. The third-order valence-electron chi connectivity index (χ3n) is 4.47. The van der Waals surface area contributed by atoms with E-state index in [4.69, 9.17) is 0 Å². The number of alkyl halides is 3. The molecular formula is C18H13F3N4O2S. The number of aromatic nitrogens is 3. The first-order valence-corrected chi connectivity index (χ1v) is 9.57. The molecule has 144 valence electrons. The molecule has 2 heterocycles. The molecule has 28 heavy (non-hydrogen) atoms. The van der Waals surface area contributed by atoms with Crippen molar-refractivity contribution in [1.29, 1.82) is 0 Å². The maximum absolute atomic E-state index is 12.8. The summed E-state index contributed by atoms with van der Waals surface area (Å²) >= 11 is 0. The van der Waals surface area contributed by atoms with Crippen LogP contribution in [0.1, 0.15) is 5.56 Å². The Balaban J connectivity index is 1.98. The number of hydrogen-bond acceptors (Lipinski definition) is 4. The normalized spacial score (nSPS) is 12.7. The second-order valence-corrected chi connectivity index (χ2v) is 7.97. The average molecular weight is 406 g/mol. The zero-order valence-electron chi connectivity index (χ0n) is 14.4. The van der Waals surface area contributed by atoms with E-state index in [9.17, 15) is 21.6 Å². The predicted molar refractivity (Wildman–Crippen MR) is 97.2 cm³/mol. The number of halogens is 3. The van der Waals surface area contributed by atoms with Gasteiger partial charge >= 0.3 is 6.18 Å². The maximum atomic E-state index is 12.8. The second-order valence-electron chi connectivity index (χ2n) is 6.08. The zero-order valence-corrected chi connectivity index (χ0v) is 15.2. The van der Waals surface area contributed by atoms with Crippen molar-refractivity contribution in [2.75, 3.05) is 7.05 Å². The van der Waals surface area contributed by atoms with E-state index in [-0.39, 0.29) is 4.90 Å². The van der Waals surface area contributed by atoms with E-state index in [1.54, 1.807) is 16.5 Å². The summed E-state index contributed by atoms with van der Waals surface area (Å²) in [6.07, 6.45) is -2.97. The highest BCUT2D eigenvalue weighted by Gasteiger charge is 2.30. The summed E-state index contributed by atoms with van der Waals surface area (Å²) in [6.45, 7) is 0. The van der Waals surface area contributed by atoms with Crippen molar-refractivity contribution in [3.05, 3.63) is 60.4 Å². The molecule has 2 aromatic carbocycles. The van der Waals surface area contributed by atoms with E-state index in [0.717, 1.165) is 12.1 Å². The Morgan fingerprint density at radius 1 is 1.04 bits per heavy atom. The smallest absolute Gasteiger partial charge is 0.281 e. The zero-order chi connectivity index (χ0) is 20.1. The minimum atomic E-state index is -4.42. The van der Waals surface area contributed by atoms with Gasteiger partial charge in [0.25, 0.3) is 0 Å². The van der Waals surface area contributed by atoms with Gasteiger partial charge in [-0.3, -0.25) is 4.40 Å². The summed E-state index contributed by atoms with van der Waals surface area (Å²) in [5, 5.41) is 8.49. The summed E-state index contributed by atoms with van der Waals surface area (Å²) in [7, 11) is -2.36. The molecule has 0 aliphatic rings. The van der Waals surface area contributed by atoms with Gasteiger partial charge in [-0.15, -0.1) is 10.2 Å². The van der Waals surface area contributed by atoms with Crippen LogP contribution >= 0.6 is 0 Å². The lowest BCUT2D eigenvalue weighted by Gasteiger charge is -2.12. The third-order valence-corrected chi connectivity index (χ3v) is 5.88. The Kier molecular flexibility index (Phi) is 4.12. The standard InChI is InChI=1S/C18H13F3N4O2S/c1-22-28(26,27)13-6-7-14-15(9-17-24-23-10-25(17)16(14)8-13)11-2-4-12(5-3-11)18(19,20)21/h2-10,22H,1H3. The first-order chi connectivity index (χ1) is 13.2. The molecule has 0 bridgehead atoms. The van der Waals surface area contributed by atoms with E-state index in [0.29, 0.717) is 27.7 Å². The molecular weight excluding hydrogens is 393 g/mol. The van der Waals surface area contributed by atoms with E-state index >= 15 is 0 Å². The molecule has 0 amide bonds. The fourth-order valence-corrected chi connectivity index (χ4v) is 3.79. The van der Waals surface area contributed by atoms with Gasteiger partial charge in [0, 0.05) is 5.39 Å². The van der Waals surface area contributed by atoms with Crippen molar-refractivity contribution in [2.24, 2.45) is 0 Å². The van der Waals surface area contributed by atoms with E-state index in [2.05, 4.69) is 14.9 Å². The Hall–Kier alpha value is -2.98. The predicted octanol–water partition coefficient (Wildman–Crippen LogP) is 3.48. The number of nitrogens with one attached hydrogen (secondary N) is 1. The van der Waals surface area contributed by atoms with Crippen LogP contribution < -0.4 is 4.72 Å². The van der Waals surface area contributed by atoms with Gasteiger partial charge < -0.3 is 0 Å². The Labute approximate surface area is 157 Å². The highest BCUT2D eigenvalue weighted by atomic mass is 32.2. The lowest BCUT2D eigenvalue weighted by molar-refractivity contribution is -0.137. The minimum Gasteiger partial charge on any atom is -0.281 e. The van der Waals surface area contributed by atoms with Crippen molar-refractivity contribution in [2.45, 2.75) is 11.1 Å². The largest absolute Gasteiger partial charge is 0.416 e. The van der Waals surface area contributed by atoms with Crippen molar-refractivity contribution in [1.82, 2.24) is 19.3 Å². The molecule has 6 nitrogen and oxygen atoms in total. The van der Waals surface area contributed by atoms with Gasteiger partial charge in [0.05, 0.1) is 16.0 Å². The summed E-state index contributed by atoms with van der Waals surface area (Å²) < 4.78 is 66.7. The Morgan fingerprint density at radius 3 is 2.39 bits per heavy atom. The monoisotopic (exact) mass is 406 g/mol. The van der Waals surface area contributed by atoms with Gasteiger partial charge in [-0.25, -0.2) is 13.1 Å². The van der Waals surface area contributed by atoms with Crippen LogP contribution in [0.15, 0.2) is 59.8 Å². The molecule has 0 aliphatic heterocycles. The Morgan fingerprint density at radius 2 is 1.75 bits per heavy atom. The molecule has 1 N–H and O–H groups in total. The highest BCUT2D eigenvalue weighted by molar-refractivity contribution is 7.89. The minimum absolute atomic E-state index is 0.0575. The molecule has 0 spiro atoms. The fraction of sp³-hybridized carbons (Fsp3) is 0.111. The maximum Gasteiger partial charge on any atom is 0.416 e. The molecule has 4 aromatic rings. The molecule has 0 saturated carbocycles. The van der Waals surface area contributed by atoms with Gasteiger partial charge in [0.15, 0.2) is 5.65 Å². The van der Waals surface area contributed by atoms with Crippen molar-refractivity contribution in [3.63, 3.8) is 0 Å². The van der Waals surface area contributed by atoms with Crippen molar-refractivity contribution in [3.8, 4) is 11.1 Å². The third kappa shape index (κ3) is 3.00. The molecule has 0 atom stereocenters. The first kappa shape index (κ1) is 18.4. The number of benzene rings is 2.